The zero-order chi connectivity index (χ0) is 38.1. The molecule has 0 bridgehead atoms. The maximum Gasteiger partial charge on any atom is 0.287 e. The van der Waals surface area contributed by atoms with Crippen LogP contribution in [0.2, 0.25) is 0 Å². The molecule has 2 heterocycles. The quantitative estimate of drug-likeness (QED) is 0.234. The van der Waals surface area contributed by atoms with Crippen LogP contribution in [-0.2, 0) is 33.8 Å². The van der Waals surface area contributed by atoms with Gasteiger partial charge in [-0.15, -0.1) is 0 Å². The Labute approximate surface area is 313 Å². The molecule has 0 spiro atoms. The molecule has 2 saturated heterocycles. The molecule has 5 aliphatic rings. The topological polar surface area (TPSA) is 135 Å². The monoisotopic (exact) mass is 744 g/mol. The van der Waals surface area contributed by atoms with Crippen LogP contribution in [0, 0.1) is 40.4 Å². The van der Waals surface area contributed by atoms with Crippen LogP contribution in [0.1, 0.15) is 164 Å². The number of carbonyl (C=O) groups is 5. The molecule has 0 radical (unpaired) electrons. The highest BCUT2D eigenvalue weighted by Crippen LogP contribution is 2.65. The van der Waals surface area contributed by atoms with Crippen molar-refractivity contribution in [3.05, 3.63) is 0 Å². The van der Waals surface area contributed by atoms with Gasteiger partial charge in [-0.3, -0.25) is 24.0 Å². The van der Waals surface area contributed by atoms with Crippen LogP contribution in [0.15, 0.2) is 0 Å². The zero-order valence-electron chi connectivity index (χ0n) is 33.1. The van der Waals surface area contributed by atoms with E-state index in [1.165, 1.54) is 0 Å². The number of fused-ring (bicyclic) bond motifs is 3. The predicted octanol–water partition coefficient (Wildman–Crippen LogP) is 7.18. The smallest absolute Gasteiger partial charge is 0.287 e. The number of hydrogen-bond acceptors (Lipinski definition) is 7. The first kappa shape index (κ1) is 41.1. The molecule has 5 fully saturated rings. The first-order chi connectivity index (χ1) is 24.4. The number of piperidine rings is 1. The van der Waals surface area contributed by atoms with E-state index in [9.17, 15) is 32.4 Å². The lowest BCUT2D eigenvalue weighted by Gasteiger charge is -2.44. The number of ketones is 3. The van der Waals surface area contributed by atoms with E-state index in [4.69, 9.17) is 0 Å². The first-order valence-corrected chi connectivity index (χ1v) is 22.4. The molecule has 10 heteroatoms. The summed E-state index contributed by atoms with van der Waals surface area (Å²) in [5, 5.41) is 2.14. The van der Waals surface area contributed by atoms with Crippen LogP contribution in [0.25, 0.3) is 0 Å². The number of hydrogen-bond donors (Lipinski definition) is 1. The number of amides is 2. The summed E-state index contributed by atoms with van der Waals surface area (Å²) in [6.07, 6.45) is 14.1. The van der Waals surface area contributed by atoms with E-state index < -0.39 is 54.8 Å². The van der Waals surface area contributed by atoms with Gasteiger partial charge in [-0.2, -0.15) is 0 Å². The van der Waals surface area contributed by atoms with Crippen molar-refractivity contribution in [2.75, 3.05) is 13.1 Å². The van der Waals surface area contributed by atoms with Gasteiger partial charge >= 0.3 is 0 Å². The highest BCUT2D eigenvalue weighted by molar-refractivity contribution is 7.93. The lowest BCUT2D eigenvalue weighted by Crippen LogP contribution is -2.49. The molecule has 9 nitrogen and oxygen atoms in total. The van der Waals surface area contributed by atoms with E-state index in [0.717, 1.165) is 77.0 Å². The lowest BCUT2D eigenvalue weighted by molar-refractivity contribution is -0.146. The fourth-order valence-corrected chi connectivity index (χ4v) is 12.2. The van der Waals surface area contributed by atoms with Crippen molar-refractivity contribution in [1.29, 1.82) is 0 Å². The van der Waals surface area contributed by atoms with Gasteiger partial charge in [0.25, 0.3) is 5.91 Å². The summed E-state index contributed by atoms with van der Waals surface area (Å²) in [7, 11) is -3.53. The van der Waals surface area contributed by atoms with Gasteiger partial charge in [0.2, 0.25) is 11.7 Å². The summed E-state index contributed by atoms with van der Waals surface area (Å²) >= 11 is 0. The normalized spacial score (nSPS) is 30.9. The fourth-order valence-electron chi connectivity index (χ4n) is 10.2. The second-order valence-corrected chi connectivity index (χ2v) is 22.2. The molecule has 6 atom stereocenters. The van der Waals surface area contributed by atoms with Gasteiger partial charge in [0.05, 0.1) is 16.0 Å². The Morgan fingerprint density at radius 1 is 0.865 bits per heavy atom. The highest BCUT2D eigenvalue weighted by atomic mass is 32.2. The Morgan fingerprint density at radius 3 is 2.04 bits per heavy atom. The first-order valence-electron chi connectivity index (χ1n) is 20.8. The van der Waals surface area contributed by atoms with Crippen molar-refractivity contribution in [1.82, 2.24) is 10.2 Å². The summed E-state index contributed by atoms with van der Waals surface area (Å²) in [4.78, 5) is 71.4. The molecule has 3 aliphatic carbocycles. The lowest BCUT2D eigenvalue weighted by atomic mass is 9.68. The third-order valence-electron chi connectivity index (χ3n) is 14.1. The Balaban J connectivity index is 1.37. The van der Waals surface area contributed by atoms with Crippen LogP contribution >= 0.6 is 0 Å². The zero-order valence-corrected chi connectivity index (χ0v) is 33.9. The summed E-state index contributed by atoms with van der Waals surface area (Å²) in [5.74, 6) is -2.12. The minimum absolute atomic E-state index is 0.00686. The van der Waals surface area contributed by atoms with Crippen molar-refractivity contribution < 1.29 is 32.4 Å². The van der Waals surface area contributed by atoms with E-state index >= 15 is 0 Å². The minimum Gasteiger partial charge on any atom is -0.349 e. The van der Waals surface area contributed by atoms with Crippen molar-refractivity contribution in [2.24, 2.45) is 40.4 Å². The van der Waals surface area contributed by atoms with Crippen molar-refractivity contribution in [3.8, 4) is 0 Å². The van der Waals surface area contributed by atoms with Crippen LogP contribution in [0.3, 0.4) is 0 Å². The summed E-state index contributed by atoms with van der Waals surface area (Å²) in [6.45, 7) is 12.2. The summed E-state index contributed by atoms with van der Waals surface area (Å²) < 4.78 is 26.6. The molecule has 294 valence electrons. The van der Waals surface area contributed by atoms with E-state index in [0.29, 0.717) is 44.7 Å². The van der Waals surface area contributed by atoms with Gasteiger partial charge in [0.1, 0.15) is 5.78 Å². The average Bonchev–Trinajstić information content (AvgIpc) is 3.95. The minimum atomic E-state index is -3.53. The Hall–Kier alpha value is -2.10. The van der Waals surface area contributed by atoms with E-state index in [2.05, 4.69) is 19.2 Å². The Morgan fingerprint density at radius 2 is 1.44 bits per heavy atom. The molecular formula is C42H68N2O7S. The van der Waals surface area contributed by atoms with E-state index in [1.807, 2.05) is 0 Å². The standard InChI is InChI=1S/C42H68N2O7S/c1-28(52(50,51)40(2,3)4)42(21-15-12-16-22-42)25-32(45)23-31-18-14-11-9-7-8-10-13-17-30(37(47)38(48)43-26-29-19-20-29)24-34(46)36-35-33(41(35,5)6)27-44(36)39(31)49/h28-31,33,35-36H,7-27H2,1-6H3,(H,43,48)/t28-,30-,31-,33+,35+,36-/m1/s1. The van der Waals surface area contributed by atoms with Crippen molar-refractivity contribution >= 4 is 39.0 Å². The number of sulfone groups is 1. The molecule has 0 unspecified atom stereocenters. The number of carbonyl (C=O) groups excluding carboxylic acids is 5. The maximum atomic E-state index is 14.6. The molecule has 2 amide bonds. The number of nitrogens with zero attached hydrogens (tertiary/aromatic N) is 1. The third kappa shape index (κ3) is 9.05. The fraction of sp³-hybridized carbons (Fsp3) is 0.881. The highest BCUT2D eigenvalue weighted by Gasteiger charge is 2.69. The van der Waals surface area contributed by atoms with Gasteiger partial charge in [-0.05, 0) is 94.8 Å². The molecule has 2 aliphatic heterocycles. The third-order valence-corrected chi connectivity index (χ3v) is 17.3. The van der Waals surface area contributed by atoms with Crippen LogP contribution < -0.4 is 5.32 Å². The second kappa shape index (κ2) is 16.3. The number of Topliss-reactive ketones (excluding diaryl/α,β-unsaturated/α-hetero) is 3. The molecule has 3 saturated carbocycles. The molecular weight excluding hydrogens is 677 g/mol. The maximum absolute atomic E-state index is 14.6. The predicted molar refractivity (Wildman–Crippen MR) is 203 cm³/mol. The molecule has 0 aromatic carbocycles. The van der Waals surface area contributed by atoms with Gasteiger partial charge in [-0.25, -0.2) is 8.42 Å². The van der Waals surface area contributed by atoms with Crippen molar-refractivity contribution in [3.63, 3.8) is 0 Å². The van der Waals surface area contributed by atoms with Crippen LogP contribution in [0.5, 0.6) is 0 Å². The SMILES string of the molecule is C[C@H](C1(CC(=O)C[C@H]2CCCCCCCCC[C@@H](C(=O)C(=O)NCC3CC3)CC(=O)[C@@H]3[C@@H]4[C@H](CN3C2=O)C4(C)C)CCCCC1)S(=O)(=O)C(C)(C)C. The van der Waals surface area contributed by atoms with E-state index in [-0.39, 0.29) is 54.0 Å². The van der Waals surface area contributed by atoms with Crippen LogP contribution in [-0.4, -0.2) is 71.6 Å². The number of nitrogens with one attached hydrogen (secondary N) is 1. The molecule has 0 aromatic heterocycles. The van der Waals surface area contributed by atoms with Gasteiger partial charge in [0, 0.05) is 44.2 Å². The molecule has 0 aromatic rings. The number of rotatable bonds is 10. The van der Waals surface area contributed by atoms with Crippen molar-refractivity contribution in [2.45, 2.75) is 180 Å². The average molecular weight is 745 g/mol. The molecule has 1 N–H and O–H groups in total. The Bertz CT molecular complexity index is 1450. The van der Waals surface area contributed by atoms with Crippen LogP contribution in [0.4, 0.5) is 0 Å². The van der Waals surface area contributed by atoms with Gasteiger partial charge in [0.15, 0.2) is 15.6 Å². The molecule has 52 heavy (non-hydrogen) atoms. The van der Waals surface area contributed by atoms with Gasteiger partial charge in [-0.1, -0.05) is 78.1 Å². The summed E-state index contributed by atoms with van der Waals surface area (Å²) in [5.41, 5.74) is -0.750. The largest absolute Gasteiger partial charge is 0.349 e. The Kier molecular flexibility index (Phi) is 12.9. The summed E-state index contributed by atoms with van der Waals surface area (Å²) in [6, 6.07) is -0.663. The van der Waals surface area contributed by atoms with Gasteiger partial charge < -0.3 is 10.2 Å². The second-order valence-electron chi connectivity index (χ2n) is 19.2. The van der Waals surface area contributed by atoms with E-state index in [1.54, 1.807) is 32.6 Å². The molecule has 5 rings (SSSR count).